The normalized spacial score (nSPS) is 12.1. The summed E-state index contributed by atoms with van der Waals surface area (Å²) in [5.41, 5.74) is -0.0243. The molecule has 0 unspecified atom stereocenters. The van der Waals surface area contributed by atoms with Gasteiger partial charge in [-0.2, -0.15) is 0 Å². The number of aromatic amines is 2. The van der Waals surface area contributed by atoms with E-state index in [1.54, 1.807) is 18.3 Å². The highest BCUT2D eigenvalue weighted by Crippen LogP contribution is 2.18. The fourth-order valence-electron chi connectivity index (χ4n) is 2.09. The number of hydrogen-bond acceptors (Lipinski definition) is 4. The van der Waals surface area contributed by atoms with Crippen LogP contribution >= 0.6 is 11.3 Å². The monoisotopic (exact) mass is 307 g/mol. The number of H-pyrrole nitrogens is 2. The van der Waals surface area contributed by atoms with Crippen LogP contribution in [-0.4, -0.2) is 15.9 Å². The summed E-state index contributed by atoms with van der Waals surface area (Å²) in [7, 11) is 0. The minimum absolute atomic E-state index is 0.0486. The van der Waals surface area contributed by atoms with E-state index in [-0.39, 0.29) is 18.4 Å². The molecule has 0 saturated heterocycles. The lowest BCUT2D eigenvalue weighted by Gasteiger charge is -2.12. The molecule has 21 heavy (non-hydrogen) atoms. The van der Waals surface area contributed by atoms with Crippen molar-refractivity contribution in [2.75, 3.05) is 0 Å². The zero-order valence-electron chi connectivity index (χ0n) is 11.9. The third-order valence-electron chi connectivity index (χ3n) is 3.20. The molecule has 6 nitrogen and oxygen atoms in total. The van der Waals surface area contributed by atoms with Gasteiger partial charge in [0.1, 0.15) is 0 Å². The van der Waals surface area contributed by atoms with Gasteiger partial charge in [-0.1, -0.05) is 6.07 Å². The smallest absolute Gasteiger partial charge is 0.325 e. The van der Waals surface area contributed by atoms with Gasteiger partial charge in [0.25, 0.3) is 5.56 Å². The lowest BCUT2D eigenvalue weighted by atomic mass is 10.1. The van der Waals surface area contributed by atoms with Crippen LogP contribution in [0.5, 0.6) is 0 Å². The van der Waals surface area contributed by atoms with Crippen LogP contribution < -0.4 is 16.6 Å². The number of amides is 1. The maximum atomic E-state index is 11.9. The molecule has 0 aromatic carbocycles. The van der Waals surface area contributed by atoms with E-state index in [2.05, 4.69) is 15.3 Å². The number of aryl methyl sites for hydroxylation is 1. The number of carbonyl (C=O) groups excluding carboxylic acids is 1. The van der Waals surface area contributed by atoms with Crippen molar-refractivity contribution in [3.63, 3.8) is 0 Å². The van der Waals surface area contributed by atoms with E-state index < -0.39 is 11.2 Å². The number of aromatic nitrogens is 2. The van der Waals surface area contributed by atoms with Crippen LogP contribution in [0.3, 0.4) is 0 Å². The molecule has 1 amide bonds. The molecule has 1 atom stereocenters. The summed E-state index contributed by atoms with van der Waals surface area (Å²) < 4.78 is 0. The Bertz CT molecular complexity index is 731. The first-order valence-corrected chi connectivity index (χ1v) is 7.50. The SMILES string of the molecule is Cc1[nH]c(=O)[nH]c(=O)c1CCC(=O)N[C@@H](C)c1cccs1. The molecule has 0 aliphatic carbocycles. The lowest BCUT2D eigenvalue weighted by molar-refractivity contribution is -0.121. The van der Waals surface area contributed by atoms with E-state index in [1.165, 1.54) is 0 Å². The van der Waals surface area contributed by atoms with Crippen LogP contribution in [0, 0.1) is 6.92 Å². The minimum atomic E-state index is -0.531. The van der Waals surface area contributed by atoms with Gasteiger partial charge >= 0.3 is 5.69 Å². The number of hydrogen-bond donors (Lipinski definition) is 3. The topological polar surface area (TPSA) is 94.8 Å². The molecule has 0 bridgehead atoms. The second-order valence-corrected chi connectivity index (χ2v) is 5.80. The van der Waals surface area contributed by atoms with E-state index in [0.717, 1.165) is 4.88 Å². The molecule has 2 aromatic rings. The fraction of sp³-hybridized carbons (Fsp3) is 0.357. The van der Waals surface area contributed by atoms with Gasteiger partial charge in [-0.15, -0.1) is 11.3 Å². The standard InChI is InChI=1S/C14H17N3O3S/c1-8-10(13(19)17-14(20)16-8)5-6-12(18)15-9(2)11-4-3-7-21-11/h3-4,7,9H,5-6H2,1-2H3,(H,15,18)(H2,16,17,19,20)/t9-/m0/s1. The molecule has 0 aliphatic heterocycles. The van der Waals surface area contributed by atoms with Crippen LogP contribution in [0.4, 0.5) is 0 Å². The van der Waals surface area contributed by atoms with Gasteiger partial charge in [-0.05, 0) is 31.7 Å². The number of carbonyl (C=O) groups is 1. The Morgan fingerprint density at radius 3 is 2.76 bits per heavy atom. The van der Waals surface area contributed by atoms with E-state index in [0.29, 0.717) is 17.7 Å². The summed E-state index contributed by atoms with van der Waals surface area (Å²) in [6.45, 7) is 3.57. The van der Waals surface area contributed by atoms with Crippen LogP contribution in [0.2, 0.25) is 0 Å². The molecule has 0 radical (unpaired) electrons. The molecule has 0 aliphatic rings. The highest BCUT2D eigenvalue weighted by molar-refractivity contribution is 7.10. The van der Waals surface area contributed by atoms with Gasteiger partial charge < -0.3 is 10.3 Å². The largest absolute Gasteiger partial charge is 0.349 e. The van der Waals surface area contributed by atoms with Crippen molar-refractivity contribution in [3.05, 3.63) is 54.5 Å². The molecule has 0 fully saturated rings. The maximum absolute atomic E-state index is 11.9. The molecule has 7 heteroatoms. The molecular weight excluding hydrogens is 290 g/mol. The van der Waals surface area contributed by atoms with Gasteiger partial charge in [0.15, 0.2) is 0 Å². The number of thiophene rings is 1. The van der Waals surface area contributed by atoms with Gasteiger partial charge in [-0.3, -0.25) is 14.6 Å². The Labute approximate surface area is 125 Å². The highest BCUT2D eigenvalue weighted by Gasteiger charge is 2.12. The van der Waals surface area contributed by atoms with Crippen molar-refractivity contribution >= 4 is 17.2 Å². The van der Waals surface area contributed by atoms with Crippen molar-refractivity contribution in [2.45, 2.75) is 32.7 Å². The molecular formula is C14H17N3O3S. The molecule has 3 N–H and O–H groups in total. The fourth-order valence-corrected chi connectivity index (χ4v) is 2.82. The second-order valence-electron chi connectivity index (χ2n) is 4.82. The Morgan fingerprint density at radius 1 is 1.38 bits per heavy atom. The maximum Gasteiger partial charge on any atom is 0.325 e. The van der Waals surface area contributed by atoms with Gasteiger partial charge in [0.2, 0.25) is 5.91 Å². The number of rotatable bonds is 5. The Balaban J connectivity index is 1.96. The lowest BCUT2D eigenvalue weighted by Crippen LogP contribution is -2.30. The zero-order valence-corrected chi connectivity index (χ0v) is 12.7. The third kappa shape index (κ3) is 3.91. The molecule has 2 aromatic heterocycles. The van der Waals surface area contributed by atoms with Crippen molar-refractivity contribution in [2.24, 2.45) is 0 Å². The van der Waals surface area contributed by atoms with Crippen molar-refractivity contribution < 1.29 is 4.79 Å². The van der Waals surface area contributed by atoms with E-state index in [9.17, 15) is 14.4 Å². The first kappa shape index (κ1) is 15.2. The third-order valence-corrected chi connectivity index (χ3v) is 4.26. The summed E-state index contributed by atoms with van der Waals surface area (Å²) in [5, 5.41) is 4.85. The van der Waals surface area contributed by atoms with Gasteiger partial charge in [0.05, 0.1) is 6.04 Å². The van der Waals surface area contributed by atoms with Crippen LogP contribution in [0.25, 0.3) is 0 Å². The molecule has 0 saturated carbocycles. The quantitative estimate of drug-likeness (QED) is 0.775. The summed E-state index contributed by atoms with van der Waals surface area (Å²) in [4.78, 5) is 40.5. The molecule has 2 heterocycles. The predicted octanol–water partition coefficient (Wildman–Crippen LogP) is 1.24. The Morgan fingerprint density at radius 2 is 2.14 bits per heavy atom. The van der Waals surface area contributed by atoms with E-state index in [1.807, 2.05) is 24.4 Å². The highest BCUT2D eigenvalue weighted by atomic mass is 32.1. The molecule has 0 spiro atoms. The first-order chi connectivity index (χ1) is 9.97. The van der Waals surface area contributed by atoms with E-state index in [4.69, 9.17) is 0 Å². The first-order valence-electron chi connectivity index (χ1n) is 6.62. The Hall–Kier alpha value is -2.15. The van der Waals surface area contributed by atoms with Crippen LogP contribution in [-0.2, 0) is 11.2 Å². The molecule has 112 valence electrons. The second kappa shape index (κ2) is 6.53. The summed E-state index contributed by atoms with van der Waals surface area (Å²) in [5.74, 6) is -0.124. The van der Waals surface area contributed by atoms with Crippen molar-refractivity contribution in [1.29, 1.82) is 0 Å². The van der Waals surface area contributed by atoms with E-state index >= 15 is 0 Å². The average Bonchev–Trinajstić information content (AvgIpc) is 2.91. The van der Waals surface area contributed by atoms with Crippen LogP contribution in [0.15, 0.2) is 27.1 Å². The number of nitrogens with one attached hydrogen (secondary N) is 3. The predicted molar refractivity (Wildman–Crippen MR) is 81.6 cm³/mol. The van der Waals surface area contributed by atoms with Crippen LogP contribution in [0.1, 0.15) is 35.5 Å². The van der Waals surface area contributed by atoms with Crippen molar-refractivity contribution in [3.8, 4) is 0 Å². The summed E-state index contributed by atoms with van der Waals surface area (Å²) in [6, 6.07) is 3.85. The van der Waals surface area contributed by atoms with Crippen molar-refractivity contribution in [1.82, 2.24) is 15.3 Å². The minimum Gasteiger partial charge on any atom is -0.349 e. The molecule has 2 rings (SSSR count). The summed E-state index contributed by atoms with van der Waals surface area (Å²) >= 11 is 1.58. The Kier molecular flexibility index (Phi) is 4.74. The zero-order chi connectivity index (χ0) is 15.4. The average molecular weight is 307 g/mol. The summed E-state index contributed by atoms with van der Waals surface area (Å²) in [6.07, 6.45) is 0.493. The van der Waals surface area contributed by atoms with Gasteiger partial charge in [-0.25, -0.2) is 4.79 Å². The van der Waals surface area contributed by atoms with Gasteiger partial charge in [0, 0.05) is 22.6 Å².